The fourth-order valence-electron chi connectivity index (χ4n) is 1.72. The van der Waals surface area contributed by atoms with E-state index in [-0.39, 0.29) is 12.3 Å². The molecule has 7 heteroatoms. The van der Waals surface area contributed by atoms with Gasteiger partial charge in [0.1, 0.15) is 11.4 Å². The van der Waals surface area contributed by atoms with E-state index in [0.717, 1.165) is 0 Å². The number of aliphatic hydroxyl groups is 1. The van der Waals surface area contributed by atoms with Crippen molar-refractivity contribution in [1.29, 1.82) is 0 Å². The summed E-state index contributed by atoms with van der Waals surface area (Å²) in [5, 5.41) is 20.2. The fourth-order valence-corrected chi connectivity index (χ4v) is 1.72. The van der Waals surface area contributed by atoms with E-state index in [2.05, 4.69) is 0 Å². The van der Waals surface area contributed by atoms with E-state index in [0.29, 0.717) is 31.1 Å². The largest absolute Gasteiger partial charge is 0.496 e. The number of aliphatic hydroxyl groups excluding tert-OH is 1. The maximum absolute atomic E-state index is 11.1. The van der Waals surface area contributed by atoms with Crippen LogP contribution in [0, 0.1) is 10.1 Å². The lowest BCUT2D eigenvalue weighted by Crippen LogP contribution is -2.30. The van der Waals surface area contributed by atoms with Crippen LogP contribution in [0.4, 0.5) is 11.4 Å². The Kier molecular flexibility index (Phi) is 6.04. The van der Waals surface area contributed by atoms with Crippen LogP contribution in [0.1, 0.15) is 0 Å². The SMILES string of the molecule is COCCN(CCO)c1ccc(OC)cc1[N+](=O)[O-]. The van der Waals surface area contributed by atoms with Crippen LogP contribution in [0.5, 0.6) is 5.75 Å². The van der Waals surface area contributed by atoms with Crippen LogP contribution >= 0.6 is 0 Å². The molecule has 0 aliphatic rings. The molecule has 0 unspecified atom stereocenters. The first kappa shape index (κ1) is 15.2. The van der Waals surface area contributed by atoms with E-state index in [1.165, 1.54) is 13.2 Å². The predicted molar refractivity (Wildman–Crippen MR) is 70.8 cm³/mol. The fraction of sp³-hybridized carbons (Fsp3) is 0.500. The van der Waals surface area contributed by atoms with Gasteiger partial charge in [-0.3, -0.25) is 10.1 Å². The van der Waals surface area contributed by atoms with Gasteiger partial charge in [0.05, 0.1) is 31.3 Å². The van der Waals surface area contributed by atoms with Crippen molar-refractivity contribution in [3.8, 4) is 5.75 Å². The van der Waals surface area contributed by atoms with Gasteiger partial charge in [0, 0.05) is 20.2 Å². The van der Waals surface area contributed by atoms with E-state index < -0.39 is 4.92 Å². The van der Waals surface area contributed by atoms with Gasteiger partial charge in [-0.15, -0.1) is 0 Å². The van der Waals surface area contributed by atoms with Crippen molar-refractivity contribution in [2.24, 2.45) is 0 Å². The van der Waals surface area contributed by atoms with Gasteiger partial charge in [-0.25, -0.2) is 0 Å². The molecule has 0 saturated carbocycles. The smallest absolute Gasteiger partial charge is 0.296 e. The summed E-state index contributed by atoms with van der Waals surface area (Å²) in [6.45, 7) is 1.09. The van der Waals surface area contributed by atoms with Crippen LogP contribution in [-0.2, 0) is 4.74 Å². The monoisotopic (exact) mass is 270 g/mol. The van der Waals surface area contributed by atoms with E-state index >= 15 is 0 Å². The molecule has 0 spiro atoms. The van der Waals surface area contributed by atoms with E-state index in [4.69, 9.17) is 14.6 Å². The summed E-state index contributed by atoms with van der Waals surface area (Å²) in [5.74, 6) is 0.422. The molecule has 106 valence electrons. The van der Waals surface area contributed by atoms with Crippen molar-refractivity contribution in [3.63, 3.8) is 0 Å². The van der Waals surface area contributed by atoms with Gasteiger partial charge in [0.15, 0.2) is 0 Å². The van der Waals surface area contributed by atoms with E-state index in [1.807, 2.05) is 0 Å². The number of methoxy groups -OCH3 is 2. The summed E-state index contributed by atoms with van der Waals surface area (Å²) in [6, 6.07) is 4.63. The Morgan fingerprint density at radius 1 is 1.37 bits per heavy atom. The lowest BCUT2D eigenvalue weighted by molar-refractivity contribution is -0.384. The standard InChI is InChI=1S/C12H18N2O5/c1-18-8-6-13(5-7-15)11-4-3-10(19-2)9-12(11)14(16)17/h3-4,9,15H,5-8H2,1-2H3. The number of nitro groups is 1. The summed E-state index contributed by atoms with van der Waals surface area (Å²) in [5.41, 5.74) is 0.390. The highest BCUT2D eigenvalue weighted by atomic mass is 16.6. The van der Waals surface area contributed by atoms with Crippen LogP contribution in [0.25, 0.3) is 0 Å². The number of hydrogen-bond donors (Lipinski definition) is 1. The molecule has 0 saturated heterocycles. The third kappa shape index (κ3) is 4.08. The van der Waals surface area contributed by atoms with Crippen molar-refractivity contribution >= 4 is 11.4 Å². The van der Waals surface area contributed by atoms with Crippen molar-refractivity contribution in [2.75, 3.05) is 45.4 Å². The Morgan fingerprint density at radius 2 is 2.11 bits per heavy atom. The molecular formula is C12H18N2O5. The first-order chi connectivity index (χ1) is 9.13. The average molecular weight is 270 g/mol. The van der Waals surface area contributed by atoms with Gasteiger partial charge in [0.2, 0.25) is 0 Å². The molecule has 1 aromatic carbocycles. The number of ether oxygens (including phenoxy) is 2. The maximum Gasteiger partial charge on any atom is 0.296 e. The van der Waals surface area contributed by atoms with Crippen LogP contribution in [-0.4, -0.2) is 50.6 Å². The van der Waals surface area contributed by atoms with Gasteiger partial charge in [0.25, 0.3) is 5.69 Å². The van der Waals surface area contributed by atoms with Crippen molar-refractivity contribution in [1.82, 2.24) is 0 Å². The third-order valence-corrected chi connectivity index (χ3v) is 2.66. The van der Waals surface area contributed by atoms with Crippen LogP contribution < -0.4 is 9.64 Å². The highest BCUT2D eigenvalue weighted by molar-refractivity contribution is 5.65. The van der Waals surface area contributed by atoms with Gasteiger partial charge in [-0.05, 0) is 12.1 Å². The summed E-state index contributed by atoms with van der Waals surface area (Å²) >= 11 is 0. The molecule has 0 heterocycles. The quantitative estimate of drug-likeness (QED) is 0.561. The molecule has 0 fully saturated rings. The number of nitrogens with zero attached hydrogens (tertiary/aromatic N) is 2. The second kappa shape index (κ2) is 7.55. The van der Waals surface area contributed by atoms with Gasteiger partial charge in [-0.2, -0.15) is 0 Å². The first-order valence-electron chi connectivity index (χ1n) is 5.81. The Morgan fingerprint density at radius 3 is 2.63 bits per heavy atom. The summed E-state index contributed by atoms with van der Waals surface area (Å²) in [4.78, 5) is 12.3. The molecule has 0 aromatic heterocycles. The molecule has 7 nitrogen and oxygen atoms in total. The molecule has 0 aliphatic carbocycles. The molecule has 0 radical (unpaired) electrons. The Hall–Kier alpha value is -1.86. The molecule has 0 amide bonds. The number of anilines is 1. The predicted octanol–water partition coefficient (Wildman–Crippen LogP) is 1.05. The zero-order valence-corrected chi connectivity index (χ0v) is 11.0. The van der Waals surface area contributed by atoms with Gasteiger partial charge < -0.3 is 19.5 Å². The van der Waals surface area contributed by atoms with Crippen molar-refractivity contribution in [2.45, 2.75) is 0 Å². The van der Waals surface area contributed by atoms with Crippen molar-refractivity contribution in [3.05, 3.63) is 28.3 Å². The van der Waals surface area contributed by atoms with E-state index in [1.54, 1.807) is 24.1 Å². The Labute approximate surface area is 111 Å². The molecule has 1 aromatic rings. The lowest BCUT2D eigenvalue weighted by Gasteiger charge is -2.23. The maximum atomic E-state index is 11.1. The minimum atomic E-state index is -0.463. The number of rotatable bonds is 8. The topological polar surface area (TPSA) is 85.1 Å². The van der Waals surface area contributed by atoms with Crippen LogP contribution in [0.15, 0.2) is 18.2 Å². The summed E-state index contributed by atoms with van der Waals surface area (Å²) < 4.78 is 9.95. The summed E-state index contributed by atoms with van der Waals surface area (Å²) in [6.07, 6.45) is 0. The first-order valence-corrected chi connectivity index (χ1v) is 5.81. The zero-order chi connectivity index (χ0) is 14.3. The lowest BCUT2D eigenvalue weighted by atomic mass is 10.2. The van der Waals surface area contributed by atoms with Crippen molar-refractivity contribution < 1.29 is 19.5 Å². The second-order valence-corrected chi connectivity index (χ2v) is 3.82. The van der Waals surface area contributed by atoms with Crippen LogP contribution in [0.3, 0.4) is 0 Å². The molecule has 0 atom stereocenters. The zero-order valence-electron chi connectivity index (χ0n) is 11.0. The second-order valence-electron chi connectivity index (χ2n) is 3.82. The van der Waals surface area contributed by atoms with Crippen LogP contribution in [0.2, 0.25) is 0 Å². The molecule has 19 heavy (non-hydrogen) atoms. The Bertz CT molecular complexity index is 425. The number of nitro benzene ring substituents is 1. The highest BCUT2D eigenvalue weighted by Gasteiger charge is 2.20. The minimum absolute atomic E-state index is 0.0519. The molecule has 0 bridgehead atoms. The molecule has 0 aliphatic heterocycles. The highest BCUT2D eigenvalue weighted by Crippen LogP contribution is 2.31. The number of hydrogen-bond acceptors (Lipinski definition) is 6. The van der Waals surface area contributed by atoms with E-state index in [9.17, 15) is 10.1 Å². The van der Waals surface area contributed by atoms with Gasteiger partial charge >= 0.3 is 0 Å². The molecule has 1 N–H and O–H groups in total. The third-order valence-electron chi connectivity index (χ3n) is 2.66. The molecular weight excluding hydrogens is 252 g/mol. The Balaban J connectivity index is 3.09. The average Bonchev–Trinajstić information content (AvgIpc) is 2.42. The normalized spacial score (nSPS) is 10.3. The number of benzene rings is 1. The minimum Gasteiger partial charge on any atom is -0.496 e. The van der Waals surface area contributed by atoms with Gasteiger partial charge in [-0.1, -0.05) is 0 Å². The summed E-state index contributed by atoms with van der Waals surface area (Å²) in [7, 11) is 3.01. The molecule has 1 rings (SSSR count).